The van der Waals surface area contributed by atoms with Crippen LogP contribution in [0.25, 0.3) is 0 Å². The highest BCUT2D eigenvalue weighted by Crippen LogP contribution is 2.25. The Bertz CT molecular complexity index is 285. The van der Waals surface area contributed by atoms with Crippen LogP contribution in [0, 0.1) is 5.92 Å². The van der Waals surface area contributed by atoms with Crippen LogP contribution in [-0.2, 0) is 4.79 Å². The van der Waals surface area contributed by atoms with Gasteiger partial charge in [-0.1, -0.05) is 25.8 Å². The molecule has 0 aromatic carbocycles. The zero-order valence-electron chi connectivity index (χ0n) is 11.0. The molecular weight excluding hydrogens is 248 g/mol. The molecule has 4 heteroatoms. The minimum absolute atomic E-state index is 0.454. The van der Waals surface area contributed by atoms with Crippen LogP contribution >= 0.6 is 11.6 Å². The van der Waals surface area contributed by atoms with Gasteiger partial charge in [-0.2, -0.15) is 0 Å². The van der Waals surface area contributed by atoms with Gasteiger partial charge < -0.3 is 10.5 Å². The van der Waals surface area contributed by atoms with Crippen LogP contribution < -0.4 is 5.73 Å². The molecule has 1 saturated carbocycles. The first-order chi connectivity index (χ1) is 8.74. The maximum atomic E-state index is 9.57. The van der Waals surface area contributed by atoms with E-state index in [2.05, 4.69) is 11.9 Å². The topological polar surface area (TPSA) is 56.0 Å². The fourth-order valence-electron chi connectivity index (χ4n) is 0.953. The van der Waals surface area contributed by atoms with E-state index in [0.29, 0.717) is 11.7 Å². The van der Waals surface area contributed by atoms with E-state index in [4.69, 9.17) is 17.3 Å². The second kappa shape index (κ2) is 12.4. The number of pyridine rings is 1. The number of carbonyl (C=O) groups is 1. The van der Waals surface area contributed by atoms with Crippen LogP contribution in [0.2, 0.25) is 0 Å². The van der Waals surface area contributed by atoms with E-state index in [9.17, 15) is 4.79 Å². The molecule has 0 atom stereocenters. The summed E-state index contributed by atoms with van der Waals surface area (Å²) in [6.45, 7) is 2.17. The molecule has 2 rings (SSSR count). The number of nitrogens with two attached hydrogens (primary N) is 1. The summed E-state index contributed by atoms with van der Waals surface area (Å²) in [5, 5.41) is 0. The molecule has 1 aliphatic rings. The highest BCUT2D eigenvalue weighted by atomic mass is 35.5. The van der Waals surface area contributed by atoms with E-state index < -0.39 is 0 Å². The highest BCUT2D eigenvalue weighted by molar-refractivity contribution is 6.17. The summed E-state index contributed by atoms with van der Waals surface area (Å²) in [5.41, 5.74) is 5.25. The van der Waals surface area contributed by atoms with Gasteiger partial charge in [-0.05, 0) is 31.4 Å². The SMILES string of the molecule is CCCCCCl.Nc1ccccn1.O=CC1CC1. The Balaban J connectivity index is 0.000000244. The van der Waals surface area contributed by atoms with Gasteiger partial charge in [0.1, 0.15) is 12.1 Å². The first-order valence-corrected chi connectivity index (χ1v) is 6.95. The maximum absolute atomic E-state index is 9.57. The zero-order chi connectivity index (χ0) is 13.6. The van der Waals surface area contributed by atoms with Crippen molar-refractivity contribution in [3.05, 3.63) is 24.4 Å². The number of carbonyl (C=O) groups excluding carboxylic acids is 1. The molecule has 18 heavy (non-hydrogen) atoms. The fourth-order valence-corrected chi connectivity index (χ4v) is 1.14. The number of hydrogen-bond acceptors (Lipinski definition) is 3. The van der Waals surface area contributed by atoms with Crippen molar-refractivity contribution >= 4 is 23.7 Å². The van der Waals surface area contributed by atoms with Crippen LogP contribution in [-0.4, -0.2) is 17.2 Å². The van der Waals surface area contributed by atoms with Crippen LogP contribution in [0.1, 0.15) is 39.0 Å². The Kier molecular flexibility index (Phi) is 11.6. The molecule has 1 aromatic rings. The molecule has 0 amide bonds. The van der Waals surface area contributed by atoms with Crippen molar-refractivity contribution in [2.45, 2.75) is 39.0 Å². The van der Waals surface area contributed by atoms with E-state index in [0.717, 1.165) is 25.0 Å². The number of halogens is 1. The summed E-state index contributed by atoms with van der Waals surface area (Å²) in [6, 6.07) is 5.43. The summed E-state index contributed by atoms with van der Waals surface area (Å²) in [5.74, 6) is 1.85. The molecule has 0 bridgehead atoms. The van der Waals surface area contributed by atoms with Crippen molar-refractivity contribution in [3.63, 3.8) is 0 Å². The van der Waals surface area contributed by atoms with Gasteiger partial charge >= 0.3 is 0 Å². The third-order valence-electron chi connectivity index (χ3n) is 2.24. The van der Waals surface area contributed by atoms with Crippen LogP contribution in [0.15, 0.2) is 24.4 Å². The quantitative estimate of drug-likeness (QED) is 0.516. The van der Waals surface area contributed by atoms with Crippen molar-refractivity contribution < 1.29 is 4.79 Å². The Morgan fingerprint density at radius 3 is 2.33 bits per heavy atom. The van der Waals surface area contributed by atoms with Crippen molar-refractivity contribution in [1.29, 1.82) is 0 Å². The third kappa shape index (κ3) is 13.0. The Morgan fingerprint density at radius 2 is 2.17 bits per heavy atom. The van der Waals surface area contributed by atoms with Crippen molar-refractivity contribution in [2.24, 2.45) is 5.92 Å². The molecule has 1 fully saturated rings. The second-order valence-electron chi connectivity index (χ2n) is 4.12. The van der Waals surface area contributed by atoms with E-state index in [-0.39, 0.29) is 0 Å². The molecular formula is C14H23ClN2O. The van der Waals surface area contributed by atoms with E-state index in [1.807, 2.05) is 12.1 Å². The number of aromatic nitrogens is 1. The lowest BCUT2D eigenvalue weighted by Gasteiger charge is -1.84. The maximum Gasteiger partial charge on any atom is 0.123 e. The molecule has 3 nitrogen and oxygen atoms in total. The summed E-state index contributed by atoms with van der Waals surface area (Å²) < 4.78 is 0. The number of aldehydes is 1. The molecule has 0 unspecified atom stereocenters. The number of hydrogen-bond donors (Lipinski definition) is 1. The fraction of sp³-hybridized carbons (Fsp3) is 0.571. The highest BCUT2D eigenvalue weighted by Gasteiger charge is 2.18. The lowest BCUT2D eigenvalue weighted by Crippen LogP contribution is -1.85. The number of alkyl halides is 1. The van der Waals surface area contributed by atoms with Gasteiger partial charge in [-0.15, -0.1) is 11.6 Å². The molecule has 1 aliphatic carbocycles. The lowest BCUT2D eigenvalue weighted by molar-refractivity contribution is -0.108. The predicted molar refractivity (Wildman–Crippen MR) is 77.7 cm³/mol. The lowest BCUT2D eigenvalue weighted by atomic mass is 10.3. The Hall–Kier alpha value is -1.09. The number of unbranched alkanes of at least 4 members (excludes halogenated alkanes) is 2. The Morgan fingerprint density at radius 1 is 1.44 bits per heavy atom. The van der Waals surface area contributed by atoms with Gasteiger partial charge in [0, 0.05) is 18.0 Å². The standard InChI is InChI=1S/C5H11Cl.C5H6N2.C4H6O/c1-2-3-4-5-6;6-5-3-1-2-4-7-5;5-3-4-1-2-4/h2-5H2,1H3;1-4H,(H2,6,7);3-4H,1-2H2. The van der Waals surface area contributed by atoms with Crippen LogP contribution in [0.5, 0.6) is 0 Å². The first kappa shape index (κ1) is 16.9. The average Bonchev–Trinajstić information content (AvgIpc) is 3.22. The predicted octanol–water partition coefficient (Wildman–Crippen LogP) is 3.67. The summed E-state index contributed by atoms with van der Waals surface area (Å²) in [7, 11) is 0. The van der Waals surface area contributed by atoms with Crippen molar-refractivity contribution in [2.75, 3.05) is 11.6 Å². The van der Waals surface area contributed by atoms with Gasteiger partial charge in [0.05, 0.1) is 0 Å². The summed E-state index contributed by atoms with van der Waals surface area (Å²) in [6.07, 6.45) is 8.70. The zero-order valence-corrected chi connectivity index (χ0v) is 11.8. The van der Waals surface area contributed by atoms with Gasteiger partial charge in [0.2, 0.25) is 0 Å². The van der Waals surface area contributed by atoms with Gasteiger partial charge in [0.15, 0.2) is 0 Å². The minimum Gasteiger partial charge on any atom is -0.384 e. The number of rotatable bonds is 4. The molecule has 0 radical (unpaired) electrons. The van der Waals surface area contributed by atoms with E-state index in [1.54, 1.807) is 12.3 Å². The second-order valence-corrected chi connectivity index (χ2v) is 4.50. The minimum atomic E-state index is 0.454. The van der Waals surface area contributed by atoms with Gasteiger partial charge in [-0.25, -0.2) is 4.98 Å². The van der Waals surface area contributed by atoms with Crippen molar-refractivity contribution in [1.82, 2.24) is 4.98 Å². The Labute approximate surface area is 115 Å². The number of nitrogens with zero attached hydrogens (tertiary/aromatic N) is 1. The van der Waals surface area contributed by atoms with E-state index >= 15 is 0 Å². The number of nitrogen functional groups attached to an aromatic ring is 1. The molecule has 1 aromatic heterocycles. The van der Waals surface area contributed by atoms with Crippen LogP contribution in [0.3, 0.4) is 0 Å². The molecule has 0 aliphatic heterocycles. The molecule has 0 saturated heterocycles. The average molecular weight is 271 g/mol. The number of anilines is 1. The molecule has 1 heterocycles. The smallest absolute Gasteiger partial charge is 0.123 e. The third-order valence-corrected chi connectivity index (χ3v) is 2.51. The molecule has 2 N–H and O–H groups in total. The summed E-state index contributed by atoms with van der Waals surface area (Å²) in [4.78, 5) is 13.3. The molecule has 0 spiro atoms. The monoisotopic (exact) mass is 270 g/mol. The van der Waals surface area contributed by atoms with Crippen molar-refractivity contribution in [3.8, 4) is 0 Å². The normalized spacial score (nSPS) is 12.6. The summed E-state index contributed by atoms with van der Waals surface area (Å²) >= 11 is 5.38. The first-order valence-electron chi connectivity index (χ1n) is 6.42. The largest absolute Gasteiger partial charge is 0.384 e. The van der Waals surface area contributed by atoms with Crippen LogP contribution in [0.4, 0.5) is 5.82 Å². The van der Waals surface area contributed by atoms with Gasteiger partial charge in [-0.3, -0.25) is 0 Å². The molecule has 102 valence electrons. The van der Waals surface area contributed by atoms with Gasteiger partial charge in [0.25, 0.3) is 0 Å². The van der Waals surface area contributed by atoms with E-state index in [1.165, 1.54) is 19.3 Å².